The van der Waals surface area contributed by atoms with Crippen molar-refractivity contribution in [3.63, 3.8) is 0 Å². The van der Waals surface area contributed by atoms with Crippen LogP contribution in [0.5, 0.6) is 5.75 Å². The molecule has 0 bridgehead atoms. The van der Waals surface area contributed by atoms with Gasteiger partial charge in [0, 0.05) is 5.69 Å². The third-order valence-electron chi connectivity index (χ3n) is 7.05. The second kappa shape index (κ2) is 14.8. The molecule has 7 heteroatoms. The molecule has 0 aromatic heterocycles. The molecule has 5 rings (SSSR count). The van der Waals surface area contributed by atoms with Crippen LogP contribution in [0.4, 0.5) is 5.69 Å². The first-order valence-electron chi connectivity index (χ1n) is 13.9. The van der Waals surface area contributed by atoms with Crippen LogP contribution in [-0.2, 0) is 38.8 Å². The van der Waals surface area contributed by atoms with Gasteiger partial charge in [0.1, 0.15) is 30.1 Å². The Balaban J connectivity index is 1.38. The number of anilines is 1. The van der Waals surface area contributed by atoms with E-state index >= 15 is 0 Å². The van der Waals surface area contributed by atoms with Gasteiger partial charge in [0.15, 0.2) is 6.29 Å². The molecule has 0 aliphatic carbocycles. The first-order chi connectivity index (χ1) is 20.2. The van der Waals surface area contributed by atoms with E-state index in [1.165, 1.54) is 0 Å². The van der Waals surface area contributed by atoms with Crippen LogP contribution in [0.1, 0.15) is 16.7 Å². The summed E-state index contributed by atoms with van der Waals surface area (Å²) in [7, 11) is 1.64. The lowest BCUT2D eigenvalue weighted by Crippen LogP contribution is -2.62. The predicted molar refractivity (Wildman–Crippen MR) is 157 cm³/mol. The van der Waals surface area contributed by atoms with E-state index in [9.17, 15) is 5.11 Å². The standard InChI is InChI=1S/C34H37NO6/c1-37-29-19-17-27(18-20-29)23-39-32-30(24-38-21-25-11-5-2-6-12-25)41-34(36)31(35-28-15-9-4-10-16-28)33(32)40-22-26-13-7-3-8-14-26/h2-20,30-36H,21-24H2,1H3/t30-,31-,32-,33-,34-/m1/s1. The molecule has 41 heavy (non-hydrogen) atoms. The number of nitrogens with one attached hydrogen (secondary N) is 1. The SMILES string of the molecule is COc1ccc(CO[C@H]2[C@H](OCc3ccccc3)[C@@H](Nc3ccccc3)[C@H](O)O[C@@H]2COCc2ccccc2)cc1. The lowest BCUT2D eigenvalue weighted by Gasteiger charge is -2.45. The molecule has 0 amide bonds. The van der Waals surface area contributed by atoms with Crippen LogP contribution in [0, 0.1) is 0 Å². The molecule has 4 aromatic rings. The second-order valence-corrected chi connectivity index (χ2v) is 9.99. The first-order valence-corrected chi connectivity index (χ1v) is 13.9. The summed E-state index contributed by atoms with van der Waals surface area (Å²) in [5.41, 5.74) is 3.91. The average Bonchev–Trinajstić information content (AvgIpc) is 3.02. The number of aliphatic hydroxyl groups excluding tert-OH is 1. The summed E-state index contributed by atoms with van der Waals surface area (Å²) in [5, 5.41) is 14.7. The number of benzene rings is 4. The Morgan fingerprint density at radius 1 is 0.659 bits per heavy atom. The maximum absolute atomic E-state index is 11.3. The molecule has 1 aliphatic heterocycles. The van der Waals surface area contributed by atoms with Gasteiger partial charge >= 0.3 is 0 Å². The van der Waals surface area contributed by atoms with Gasteiger partial charge in [-0.25, -0.2) is 0 Å². The van der Waals surface area contributed by atoms with E-state index in [0.717, 1.165) is 28.1 Å². The summed E-state index contributed by atoms with van der Waals surface area (Å²) in [6, 6.07) is 36.8. The van der Waals surface area contributed by atoms with Gasteiger partial charge in [-0.3, -0.25) is 0 Å². The zero-order valence-corrected chi connectivity index (χ0v) is 23.2. The molecule has 0 saturated carbocycles. The molecular weight excluding hydrogens is 518 g/mol. The van der Waals surface area contributed by atoms with E-state index in [2.05, 4.69) is 5.32 Å². The summed E-state index contributed by atoms with van der Waals surface area (Å²) in [6.07, 6.45) is -2.81. The highest BCUT2D eigenvalue weighted by Crippen LogP contribution is 2.30. The molecular formula is C34H37NO6. The minimum atomic E-state index is -1.15. The van der Waals surface area contributed by atoms with Crippen LogP contribution in [0.2, 0.25) is 0 Å². The minimum Gasteiger partial charge on any atom is -0.497 e. The highest BCUT2D eigenvalue weighted by Gasteiger charge is 2.47. The smallest absolute Gasteiger partial charge is 0.178 e. The van der Waals surface area contributed by atoms with Crippen LogP contribution in [0.25, 0.3) is 0 Å². The third-order valence-corrected chi connectivity index (χ3v) is 7.05. The lowest BCUT2D eigenvalue weighted by atomic mass is 9.95. The Bertz CT molecular complexity index is 1290. The van der Waals surface area contributed by atoms with Crippen molar-refractivity contribution in [1.29, 1.82) is 0 Å². The van der Waals surface area contributed by atoms with Crippen molar-refractivity contribution in [3.8, 4) is 5.75 Å². The predicted octanol–water partition coefficient (Wildman–Crippen LogP) is 5.58. The van der Waals surface area contributed by atoms with Crippen molar-refractivity contribution in [2.24, 2.45) is 0 Å². The largest absolute Gasteiger partial charge is 0.497 e. The van der Waals surface area contributed by atoms with Crippen molar-refractivity contribution >= 4 is 5.69 Å². The molecule has 214 valence electrons. The topological polar surface area (TPSA) is 78.4 Å². The number of aliphatic hydroxyl groups is 1. The molecule has 1 heterocycles. The molecule has 5 atom stereocenters. The van der Waals surface area contributed by atoms with E-state index < -0.39 is 30.6 Å². The third kappa shape index (κ3) is 8.16. The van der Waals surface area contributed by atoms with E-state index in [1.807, 2.05) is 115 Å². The lowest BCUT2D eigenvalue weighted by molar-refractivity contribution is -0.270. The number of ether oxygens (including phenoxy) is 5. The summed E-state index contributed by atoms with van der Waals surface area (Å²) in [5.74, 6) is 0.779. The molecule has 0 radical (unpaired) electrons. The Morgan fingerprint density at radius 3 is 1.80 bits per heavy atom. The highest BCUT2D eigenvalue weighted by molar-refractivity contribution is 5.44. The average molecular weight is 556 g/mol. The molecule has 4 aromatic carbocycles. The van der Waals surface area contributed by atoms with Crippen LogP contribution in [0.15, 0.2) is 115 Å². The minimum absolute atomic E-state index is 0.225. The van der Waals surface area contributed by atoms with Crippen molar-refractivity contribution in [2.75, 3.05) is 19.0 Å². The number of methoxy groups -OCH3 is 1. The summed E-state index contributed by atoms with van der Waals surface area (Å²) in [6.45, 7) is 1.32. The van der Waals surface area contributed by atoms with Gasteiger partial charge in [-0.1, -0.05) is 91.0 Å². The Morgan fingerprint density at radius 2 is 1.20 bits per heavy atom. The maximum atomic E-state index is 11.3. The summed E-state index contributed by atoms with van der Waals surface area (Å²) < 4.78 is 30.7. The van der Waals surface area contributed by atoms with Crippen LogP contribution < -0.4 is 10.1 Å². The molecule has 1 fully saturated rings. The number of para-hydroxylation sites is 1. The second-order valence-electron chi connectivity index (χ2n) is 9.99. The van der Waals surface area contributed by atoms with Crippen molar-refractivity contribution in [2.45, 2.75) is 50.5 Å². The molecule has 7 nitrogen and oxygen atoms in total. The van der Waals surface area contributed by atoms with Crippen LogP contribution in [-0.4, -0.2) is 49.5 Å². The Labute approximate surface area is 241 Å². The van der Waals surface area contributed by atoms with Crippen LogP contribution in [0.3, 0.4) is 0 Å². The fraction of sp³-hybridized carbons (Fsp3) is 0.294. The van der Waals surface area contributed by atoms with Crippen LogP contribution >= 0.6 is 0 Å². The van der Waals surface area contributed by atoms with Gasteiger partial charge in [-0.15, -0.1) is 0 Å². The summed E-state index contributed by atoms with van der Waals surface area (Å²) >= 11 is 0. The monoisotopic (exact) mass is 555 g/mol. The van der Waals surface area contributed by atoms with E-state index in [0.29, 0.717) is 19.8 Å². The normalized spacial score (nSPS) is 22.2. The van der Waals surface area contributed by atoms with E-state index in [-0.39, 0.29) is 6.61 Å². The van der Waals surface area contributed by atoms with Gasteiger partial charge in [-0.2, -0.15) is 0 Å². The molecule has 2 N–H and O–H groups in total. The maximum Gasteiger partial charge on any atom is 0.178 e. The quantitative estimate of drug-likeness (QED) is 0.223. The number of rotatable bonds is 13. The Kier molecular flexibility index (Phi) is 10.4. The van der Waals surface area contributed by atoms with Crippen molar-refractivity contribution < 1.29 is 28.8 Å². The first kappa shape index (κ1) is 28.8. The van der Waals surface area contributed by atoms with Gasteiger partial charge in [-0.05, 0) is 41.0 Å². The number of hydrogen-bond donors (Lipinski definition) is 2. The van der Waals surface area contributed by atoms with Crippen molar-refractivity contribution in [3.05, 3.63) is 132 Å². The van der Waals surface area contributed by atoms with Crippen molar-refractivity contribution in [1.82, 2.24) is 0 Å². The molecule has 0 unspecified atom stereocenters. The molecule has 0 spiro atoms. The van der Waals surface area contributed by atoms with Gasteiger partial charge < -0.3 is 34.1 Å². The summed E-state index contributed by atoms with van der Waals surface area (Å²) in [4.78, 5) is 0. The van der Waals surface area contributed by atoms with Gasteiger partial charge in [0.05, 0.1) is 33.5 Å². The Hall–Kier alpha value is -3.72. The highest BCUT2D eigenvalue weighted by atomic mass is 16.7. The van der Waals surface area contributed by atoms with E-state index in [1.54, 1.807) is 7.11 Å². The zero-order chi connectivity index (χ0) is 28.3. The zero-order valence-electron chi connectivity index (χ0n) is 23.2. The van der Waals surface area contributed by atoms with Gasteiger partial charge in [0.2, 0.25) is 0 Å². The molecule has 1 aliphatic rings. The van der Waals surface area contributed by atoms with Gasteiger partial charge in [0.25, 0.3) is 0 Å². The fourth-order valence-corrected chi connectivity index (χ4v) is 4.88. The number of hydrogen-bond acceptors (Lipinski definition) is 7. The van der Waals surface area contributed by atoms with E-state index in [4.69, 9.17) is 23.7 Å². The molecule has 1 saturated heterocycles. The fourth-order valence-electron chi connectivity index (χ4n) is 4.88.